The van der Waals surface area contributed by atoms with Crippen LogP contribution < -0.4 is 15.5 Å². The first-order valence-electron chi connectivity index (χ1n) is 14.3. The number of alkyl carbamates (subject to hydrolysis) is 1. The van der Waals surface area contributed by atoms with E-state index in [9.17, 15) is 4.79 Å². The number of hydrogen-bond acceptors (Lipinski definition) is 7. The summed E-state index contributed by atoms with van der Waals surface area (Å²) in [6.07, 6.45) is 13.3. The Kier molecular flexibility index (Phi) is 9.11. The summed E-state index contributed by atoms with van der Waals surface area (Å²) >= 11 is 0. The topological polar surface area (TPSA) is 82.6 Å². The van der Waals surface area contributed by atoms with Crippen LogP contribution in [0.25, 0.3) is 0 Å². The van der Waals surface area contributed by atoms with Crippen LogP contribution in [-0.2, 0) is 11.3 Å². The van der Waals surface area contributed by atoms with Crippen molar-refractivity contribution in [2.24, 2.45) is 0 Å². The number of hydrogen-bond donors (Lipinski definition) is 2. The van der Waals surface area contributed by atoms with Gasteiger partial charge in [0.2, 0.25) is 5.95 Å². The van der Waals surface area contributed by atoms with E-state index < -0.39 is 0 Å². The van der Waals surface area contributed by atoms with Crippen molar-refractivity contribution >= 4 is 17.9 Å². The summed E-state index contributed by atoms with van der Waals surface area (Å²) in [7, 11) is 0. The fourth-order valence-corrected chi connectivity index (χ4v) is 6.05. The zero-order valence-corrected chi connectivity index (χ0v) is 22.0. The van der Waals surface area contributed by atoms with E-state index in [1.54, 1.807) is 0 Å². The monoisotopic (exact) mass is 506 g/mol. The van der Waals surface area contributed by atoms with Gasteiger partial charge in [-0.3, -0.25) is 4.90 Å². The Bertz CT molecular complexity index is 973. The number of nitrogens with zero attached hydrogens (tertiary/aromatic N) is 4. The predicted molar refractivity (Wildman–Crippen MR) is 147 cm³/mol. The molecule has 1 aromatic heterocycles. The molecule has 2 N–H and O–H groups in total. The molecule has 2 saturated heterocycles. The number of likely N-dealkylation sites (tertiary alicyclic amines) is 1. The van der Waals surface area contributed by atoms with Crippen molar-refractivity contribution in [3.63, 3.8) is 0 Å². The van der Waals surface area contributed by atoms with Crippen molar-refractivity contribution in [1.82, 2.24) is 20.2 Å². The van der Waals surface area contributed by atoms with Gasteiger partial charge < -0.3 is 20.3 Å². The minimum absolute atomic E-state index is 0.202. The van der Waals surface area contributed by atoms with Gasteiger partial charge in [0.05, 0.1) is 0 Å². The minimum atomic E-state index is -0.308. The maximum absolute atomic E-state index is 12.3. The molecule has 3 aliphatic rings. The van der Waals surface area contributed by atoms with Crippen LogP contribution in [0.2, 0.25) is 0 Å². The number of amides is 1. The Morgan fingerprint density at radius 3 is 2.46 bits per heavy atom. The van der Waals surface area contributed by atoms with Crippen LogP contribution in [0.15, 0.2) is 42.6 Å². The van der Waals surface area contributed by atoms with E-state index in [0.29, 0.717) is 18.7 Å². The van der Waals surface area contributed by atoms with Gasteiger partial charge in [0, 0.05) is 44.0 Å². The van der Waals surface area contributed by atoms with Gasteiger partial charge in [-0.1, -0.05) is 43.2 Å². The number of anilines is 2. The maximum atomic E-state index is 12.3. The Labute approximate surface area is 221 Å². The van der Waals surface area contributed by atoms with E-state index >= 15 is 0 Å². The largest absolute Gasteiger partial charge is 0.445 e. The van der Waals surface area contributed by atoms with E-state index in [-0.39, 0.29) is 12.1 Å². The lowest BCUT2D eigenvalue weighted by molar-refractivity contribution is 0.106. The van der Waals surface area contributed by atoms with E-state index in [1.807, 2.05) is 42.6 Å². The maximum Gasteiger partial charge on any atom is 0.407 e. The van der Waals surface area contributed by atoms with Gasteiger partial charge in [0.1, 0.15) is 12.4 Å². The fraction of sp³-hybridized carbons (Fsp3) is 0.621. The van der Waals surface area contributed by atoms with Crippen LogP contribution >= 0.6 is 0 Å². The van der Waals surface area contributed by atoms with Crippen molar-refractivity contribution in [3.8, 4) is 0 Å². The number of piperidine rings is 1. The smallest absolute Gasteiger partial charge is 0.407 e. The third kappa shape index (κ3) is 7.57. The van der Waals surface area contributed by atoms with Crippen molar-refractivity contribution in [2.45, 2.75) is 88.9 Å². The second-order valence-electron chi connectivity index (χ2n) is 10.8. The molecule has 1 amide bonds. The molecule has 200 valence electrons. The molecule has 0 bridgehead atoms. The molecule has 1 aromatic carbocycles. The quantitative estimate of drug-likeness (QED) is 0.549. The fourth-order valence-electron chi connectivity index (χ4n) is 6.05. The summed E-state index contributed by atoms with van der Waals surface area (Å²) in [4.78, 5) is 26.7. The summed E-state index contributed by atoms with van der Waals surface area (Å²) in [5.74, 6) is 1.82. The molecule has 3 fully saturated rings. The average molecular weight is 507 g/mol. The normalized spacial score (nSPS) is 25.2. The van der Waals surface area contributed by atoms with Crippen molar-refractivity contribution in [1.29, 1.82) is 0 Å². The van der Waals surface area contributed by atoms with Crippen LogP contribution in [-0.4, -0.2) is 65.3 Å². The predicted octanol–water partition coefficient (Wildman–Crippen LogP) is 4.97. The number of carbonyl (C=O) groups is 1. The molecule has 8 nitrogen and oxygen atoms in total. The molecule has 2 aromatic rings. The van der Waals surface area contributed by atoms with Crippen molar-refractivity contribution in [3.05, 3.63) is 48.2 Å². The van der Waals surface area contributed by atoms with Crippen LogP contribution in [0, 0.1) is 0 Å². The first-order chi connectivity index (χ1) is 18.2. The number of rotatable bonds is 7. The highest BCUT2D eigenvalue weighted by molar-refractivity contribution is 5.67. The molecule has 5 rings (SSSR count). The zero-order valence-electron chi connectivity index (χ0n) is 22.0. The number of nitrogens with one attached hydrogen (secondary N) is 2. The standard InChI is InChI=1S/C29H42N6O2/c36-29(37-22-23-9-4-3-5-10-23)32-24-12-14-26(15-13-24)35-20-8-11-25(21-35)31-28-30-17-16-27(33-28)34-18-6-1-2-7-19-34/h3-5,9-10,16-17,24-26H,1-2,6-8,11-15,18-22H2,(H,32,36)(H,30,31,33). The van der Waals surface area contributed by atoms with Gasteiger partial charge in [-0.2, -0.15) is 4.98 Å². The second-order valence-corrected chi connectivity index (χ2v) is 10.8. The van der Waals surface area contributed by atoms with Gasteiger partial charge >= 0.3 is 6.09 Å². The van der Waals surface area contributed by atoms with Crippen LogP contribution in [0.5, 0.6) is 0 Å². The molecule has 1 aliphatic carbocycles. The number of carbonyl (C=O) groups excluding carboxylic acids is 1. The van der Waals surface area contributed by atoms with E-state index in [2.05, 4.69) is 25.4 Å². The third-order valence-corrected chi connectivity index (χ3v) is 8.10. The lowest BCUT2D eigenvalue weighted by Gasteiger charge is -2.41. The number of ether oxygens (including phenoxy) is 1. The lowest BCUT2D eigenvalue weighted by Crippen LogP contribution is -2.50. The second kappa shape index (κ2) is 13.1. The van der Waals surface area contributed by atoms with E-state index in [4.69, 9.17) is 9.72 Å². The Balaban J connectivity index is 1.06. The molecule has 2 aliphatic heterocycles. The Hall–Kier alpha value is -2.87. The van der Waals surface area contributed by atoms with Crippen molar-refractivity contribution in [2.75, 3.05) is 36.4 Å². The molecule has 37 heavy (non-hydrogen) atoms. The van der Waals surface area contributed by atoms with Gasteiger partial charge in [-0.25, -0.2) is 9.78 Å². The zero-order chi connectivity index (χ0) is 25.3. The minimum Gasteiger partial charge on any atom is -0.445 e. The lowest BCUT2D eigenvalue weighted by atomic mass is 9.89. The summed E-state index contributed by atoms with van der Waals surface area (Å²) < 4.78 is 5.41. The molecule has 1 unspecified atom stereocenters. The highest BCUT2D eigenvalue weighted by Gasteiger charge is 2.30. The summed E-state index contributed by atoms with van der Waals surface area (Å²) in [5, 5.41) is 6.72. The van der Waals surface area contributed by atoms with Crippen molar-refractivity contribution < 1.29 is 9.53 Å². The SMILES string of the molecule is O=C(NC1CCC(N2CCCC(Nc3nccc(N4CCCCCC4)n3)C2)CC1)OCc1ccccc1. The summed E-state index contributed by atoms with van der Waals surface area (Å²) in [5.41, 5.74) is 1.01. The van der Waals surface area contributed by atoms with Crippen LogP contribution in [0.4, 0.5) is 16.6 Å². The Morgan fingerprint density at radius 1 is 0.892 bits per heavy atom. The highest BCUT2D eigenvalue weighted by Crippen LogP contribution is 2.27. The molecule has 0 radical (unpaired) electrons. The molecular formula is C29H42N6O2. The average Bonchev–Trinajstić information content (AvgIpc) is 3.23. The molecule has 8 heteroatoms. The molecule has 0 spiro atoms. The van der Waals surface area contributed by atoms with E-state index in [0.717, 1.165) is 75.6 Å². The van der Waals surface area contributed by atoms with Gasteiger partial charge in [0.25, 0.3) is 0 Å². The molecule has 3 heterocycles. The van der Waals surface area contributed by atoms with Crippen LogP contribution in [0.3, 0.4) is 0 Å². The van der Waals surface area contributed by atoms with E-state index in [1.165, 1.54) is 32.1 Å². The molecule has 1 saturated carbocycles. The van der Waals surface area contributed by atoms with Gasteiger partial charge in [0.15, 0.2) is 0 Å². The van der Waals surface area contributed by atoms with Gasteiger partial charge in [-0.15, -0.1) is 0 Å². The summed E-state index contributed by atoms with van der Waals surface area (Å²) in [6.45, 7) is 4.68. The van der Waals surface area contributed by atoms with Gasteiger partial charge in [-0.05, 0) is 69.5 Å². The highest BCUT2D eigenvalue weighted by atomic mass is 16.5. The first-order valence-corrected chi connectivity index (χ1v) is 14.3. The Morgan fingerprint density at radius 2 is 1.68 bits per heavy atom. The summed E-state index contributed by atoms with van der Waals surface area (Å²) in [6, 6.07) is 13.0. The molecular weight excluding hydrogens is 464 g/mol. The molecule has 1 atom stereocenters. The third-order valence-electron chi connectivity index (χ3n) is 8.10. The number of benzene rings is 1. The first kappa shape index (κ1) is 25.8. The number of aromatic nitrogens is 2. The van der Waals surface area contributed by atoms with Crippen LogP contribution in [0.1, 0.15) is 69.8 Å².